The lowest BCUT2D eigenvalue weighted by Gasteiger charge is -2.25. The van der Waals surface area contributed by atoms with Crippen LogP contribution in [-0.2, 0) is 9.59 Å². The Hall–Kier alpha value is -4.26. The van der Waals surface area contributed by atoms with Gasteiger partial charge in [0.15, 0.2) is 0 Å². The standard InChI is InChI=1S/C24H18N2O5/c1-15-10-12-16(13-11-15)22(27)20-21(17-6-5-9-19(14-17)26(30)31)25(24(29)23(20)28)18-7-3-2-4-8-18/h2-14,21,27H,1H3/t21-/m0/s1. The van der Waals surface area contributed by atoms with E-state index in [-0.39, 0.29) is 17.0 Å². The molecular formula is C24H18N2O5. The Morgan fingerprint density at radius 3 is 2.29 bits per heavy atom. The highest BCUT2D eigenvalue weighted by molar-refractivity contribution is 6.51. The van der Waals surface area contributed by atoms with Crippen LogP contribution in [0.1, 0.15) is 22.7 Å². The molecule has 31 heavy (non-hydrogen) atoms. The first kappa shape index (κ1) is 20.0. The zero-order chi connectivity index (χ0) is 22.1. The summed E-state index contributed by atoms with van der Waals surface area (Å²) in [5, 5.41) is 22.3. The molecular weight excluding hydrogens is 396 g/mol. The largest absolute Gasteiger partial charge is 0.507 e. The molecule has 7 nitrogen and oxygen atoms in total. The van der Waals surface area contributed by atoms with E-state index in [4.69, 9.17) is 0 Å². The predicted octanol–water partition coefficient (Wildman–Crippen LogP) is 4.53. The smallest absolute Gasteiger partial charge is 0.300 e. The number of nitro groups is 1. The minimum Gasteiger partial charge on any atom is -0.507 e. The first-order valence-corrected chi connectivity index (χ1v) is 9.56. The number of carbonyl (C=O) groups excluding carboxylic acids is 2. The van der Waals surface area contributed by atoms with Crippen LogP contribution in [0.25, 0.3) is 5.76 Å². The molecule has 0 spiro atoms. The van der Waals surface area contributed by atoms with Gasteiger partial charge in [0.05, 0.1) is 16.5 Å². The van der Waals surface area contributed by atoms with Crippen molar-refractivity contribution in [1.82, 2.24) is 0 Å². The van der Waals surface area contributed by atoms with Gasteiger partial charge >= 0.3 is 0 Å². The number of hydrogen-bond donors (Lipinski definition) is 1. The summed E-state index contributed by atoms with van der Waals surface area (Å²) in [6.07, 6.45) is 0. The molecule has 3 aromatic carbocycles. The molecule has 1 heterocycles. The van der Waals surface area contributed by atoms with Crippen LogP contribution in [0, 0.1) is 17.0 Å². The Labute approximate surface area is 178 Å². The first-order valence-electron chi connectivity index (χ1n) is 9.56. The molecule has 154 valence electrons. The number of non-ortho nitro benzene ring substituents is 1. The fourth-order valence-electron chi connectivity index (χ4n) is 3.68. The number of rotatable bonds is 4. The number of nitrogens with zero attached hydrogens (tertiary/aromatic N) is 2. The van der Waals surface area contributed by atoms with Gasteiger partial charge in [-0.15, -0.1) is 0 Å². The number of anilines is 1. The van der Waals surface area contributed by atoms with Gasteiger partial charge in [-0.25, -0.2) is 0 Å². The van der Waals surface area contributed by atoms with Gasteiger partial charge < -0.3 is 5.11 Å². The average molecular weight is 414 g/mol. The SMILES string of the molecule is Cc1ccc(C(O)=C2C(=O)C(=O)N(c3ccccc3)[C@H]2c2cccc([N+](=O)[O-])c2)cc1. The molecule has 0 bridgehead atoms. The third kappa shape index (κ3) is 3.57. The molecule has 1 aliphatic rings. The minimum atomic E-state index is -1.01. The number of ketones is 1. The van der Waals surface area contributed by atoms with E-state index >= 15 is 0 Å². The highest BCUT2D eigenvalue weighted by Crippen LogP contribution is 2.42. The summed E-state index contributed by atoms with van der Waals surface area (Å²) < 4.78 is 0. The number of aryl methyl sites for hydroxylation is 1. The maximum Gasteiger partial charge on any atom is 0.300 e. The number of aliphatic hydroxyl groups is 1. The van der Waals surface area contributed by atoms with Crippen molar-refractivity contribution in [3.05, 3.63) is 111 Å². The van der Waals surface area contributed by atoms with Crippen molar-refractivity contribution in [3.63, 3.8) is 0 Å². The van der Waals surface area contributed by atoms with Gasteiger partial charge in [0.25, 0.3) is 17.4 Å². The fraction of sp³-hybridized carbons (Fsp3) is 0.0833. The molecule has 1 fully saturated rings. The number of nitro benzene ring substituents is 1. The van der Waals surface area contributed by atoms with Crippen LogP contribution in [0.2, 0.25) is 0 Å². The zero-order valence-electron chi connectivity index (χ0n) is 16.6. The van der Waals surface area contributed by atoms with Gasteiger partial charge in [0.2, 0.25) is 0 Å². The van der Waals surface area contributed by atoms with Gasteiger partial charge in [0, 0.05) is 23.4 Å². The molecule has 1 atom stereocenters. The van der Waals surface area contributed by atoms with Gasteiger partial charge in [-0.1, -0.05) is 60.2 Å². The fourth-order valence-corrected chi connectivity index (χ4v) is 3.68. The minimum absolute atomic E-state index is 0.113. The van der Waals surface area contributed by atoms with E-state index in [0.29, 0.717) is 16.8 Å². The third-order valence-electron chi connectivity index (χ3n) is 5.20. The first-order chi connectivity index (χ1) is 14.9. The number of carbonyl (C=O) groups is 2. The molecule has 4 rings (SSSR count). The second-order valence-corrected chi connectivity index (χ2v) is 7.22. The molecule has 1 saturated heterocycles. The molecule has 1 amide bonds. The van der Waals surface area contributed by atoms with E-state index in [9.17, 15) is 24.8 Å². The van der Waals surface area contributed by atoms with Crippen molar-refractivity contribution in [2.24, 2.45) is 0 Å². The van der Waals surface area contributed by atoms with Crippen molar-refractivity contribution in [3.8, 4) is 0 Å². The Morgan fingerprint density at radius 2 is 1.65 bits per heavy atom. The summed E-state index contributed by atoms with van der Waals surface area (Å²) in [5.41, 5.74) is 1.86. The van der Waals surface area contributed by atoms with E-state index in [1.165, 1.54) is 23.1 Å². The van der Waals surface area contributed by atoms with Crippen molar-refractivity contribution in [2.75, 3.05) is 4.90 Å². The van der Waals surface area contributed by atoms with Crippen LogP contribution < -0.4 is 4.90 Å². The molecule has 0 saturated carbocycles. The van der Waals surface area contributed by atoms with Crippen molar-refractivity contribution >= 4 is 28.8 Å². The van der Waals surface area contributed by atoms with Crippen LogP contribution in [0.5, 0.6) is 0 Å². The van der Waals surface area contributed by atoms with Gasteiger partial charge in [-0.3, -0.25) is 24.6 Å². The zero-order valence-corrected chi connectivity index (χ0v) is 16.6. The monoisotopic (exact) mass is 414 g/mol. The second-order valence-electron chi connectivity index (χ2n) is 7.22. The van der Waals surface area contributed by atoms with Gasteiger partial charge in [0.1, 0.15) is 5.76 Å². The number of benzene rings is 3. The summed E-state index contributed by atoms with van der Waals surface area (Å²) in [6, 6.07) is 20.2. The number of Topliss-reactive ketones (excluding diaryl/α,β-unsaturated/α-hetero) is 1. The van der Waals surface area contributed by atoms with Gasteiger partial charge in [-0.2, -0.15) is 0 Å². The normalized spacial score (nSPS) is 17.7. The molecule has 0 unspecified atom stereocenters. The van der Waals surface area contributed by atoms with Crippen LogP contribution in [-0.4, -0.2) is 21.7 Å². The molecule has 0 radical (unpaired) electrons. The van der Waals surface area contributed by atoms with E-state index in [1.807, 2.05) is 6.92 Å². The van der Waals surface area contributed by atoms with Crippen molar-refractivity contribution in [2.45, 2.75) is 13.0 Å². The Balaban J connectivity index is 1.96. The van der Waals surface area contributed by atoms with Crippen molar-refractivity contribution < 1.29 is 19.6 Å². The Morgan fingerprint density at radius 1 is 0.968 bits per heavy atom. The van der Waals surface area contributed by atoms with E-state index in [0.717, 1.165) is 5.56 Å². The second kappa shape index (κ2) is 7.87. The number of aliphatic hydroxyl groups excluding tert-OH is 1. The average Bonchev–Trinajstić information content (AvgIpc) is 3.05. The third-order valence-corrected chi connectivity index (χ3v) is 5.20. The van der Waals surface area contributed by atoms with E-state index in [1.54, 1.807) is 60.7 Å². The topological polar surface area (TPSA) is 101 Å². The lowest BCUT2D eigenvalue weighted by atomic mass is 9.94. The number of hydrogen-bond acceptors (Lipinski definition) is 5. The summed E-state index contributed by atoms with van der Waals surface area (Å²) >= 11 is 0. The summed E-state index contributed by atoms with van der Waals surface area (Å²) in [4.78, 5) is 38.1. The van der Waals surface area contributed by atoms with Crippen molar-refractivity contribution in [1.29, 1.82) is 0 Å². The lowest BCUT2D eigenvalue weighted by molar-refractivity contribution is -0.384. The highest BCUT2D eigenvalue weighted by Gasteiger charge is 2.47. The van der Waals surface area contributed by atoms with Crippen LogP contribution in [0.15, 0.2) is 84.4 Å². The summed E-state index contributed by atoms with van der Waals surface area (Å²) in [5.74, 6) is -1.98. The quantitative estimate of drug-likeness (QED) is 0.222. The molecule has 1 N–H and O–H groups in total. The number of amides is 1. The Bertz CT molecular complexity index is 1220. The van der Waals surface area contributed by atoms with E-state index < -0.39 is 22.7 Å². The molecule has 1 aliphatic heterocycles. The molecule has 0 aromatic heterocycles. The van der Waals surface area contributed by atoms with E-state index in [2.05, 4.69) is 0 Å². The van der Waals surface area contributed by atoms with Gasteiger partial charge in [-0.05, 0) is 24.6 Å². The Kier molecular flexibility index (Phi) is 5.09. The number of para-hydroxylation sites is 1. The maximum atomic E-state index is 13.0. The summed E-state index contributed by atoms with van der Waals surface area (Å²) in [6.45, 7) is 1.89. The maximum absolute atomic E-state index is 13.0. The lowest BCUT2D eigenvalue weighted by Crippen LogP contribution is -2.29. The summed E-state index contributed by atoms with van der Waals surface area (Å²) in [7, 11) is 0. The van der Waals surface area contributed by atoms with Crippen LogP contribution in [0.3, 0.4) is 0 Å². The predicted molar refractivity (Wildman–Crippen MR) is 116 cm³/mol. The molecule has 7 heteroatoms. The van der Waals surface area contributed by atoms with Crippen LogP contribution >= 0.6 is 0 Å². The molecule has 3 aromatic rings. The van der Waals surface area contributed by atoms with Crippen LogP contribution in [0.4, 0.5) is 11.4 Å². The molecule has 0 aliphatic carbocycles. The highest BCUT2D eigenvalue weighted by atomic mass is 16.6.